The topological polar surface area (TPSA) is 63.3 Å². The van der Waals surface area contributed by atoms with Crippen LogP contribution in [0, 0.1) is 6.92 Å². The quantitative estimate of drug-likeness (QED) is 0.867. The van der Waals surface area contributed by atoms with Crippen LogP contribution in [-0.2, 0) is 4.79 Å². The zero-order valence-corrected chi connectivity index (χ0v) is 10.4. The van der Waals surface area contributed by atoms with E-state index in [2.05, 4.69) is 13.0 Å². The molecule has 1 atom stereocenters. The standard InChI is InChI=1S/C15H17NO2/c1-10-6-7-13(11(9-16)8-15(17)18)14-5-3-2-4-12(10)14/h2-7,11H,8-9,16H2,1H3,(H,17,18). The van der Waals surface area contributed by atoms with Gasteiger partial charge in [-0.3, -0.25) is 4.79 Å². The molecule has 0 fully saturated rings. The van der Waals surface area contributed by atoms with Crippen molar-refractivity contribution >= 4 is 16.7 Å². The predicted octanol–water partition coefficient (Wildman–Crippen LogP) is 2.67. The molecule has 0 aromatic heterocycles. The number of rotatable bonds is 4. The highest BCUT2D eigenvalue weighted by Crippen LogP contribution is 2.29. The number of carbonyl (C=O) groups is 1. The van der Waals surface area contributed by atoms with Crippen molar-refractivity contribution in [3.05, 3.63) is 47.5 Å². The van der Waals surface area contributed by atoms with Gasteiger partial charge in [-0.1, -0.05) is 36.4 Å². The van der Waals surface area contributed by atoms with E-state index >= 15 is 0 Å². The van der Waals surface area contributed by atoms with Gasteiger partial charge in [0.15, 0.2) is 0 Å². The number of hydrogen-bond donors (Lipinski definition) is 2. The van der Waals surface area contributed by atoms with E-state index in [4.69, 9.17) is 10.8 Å². The fourth-order valence-electron chi connectivity index (χ4n) is 2.36. The van der Waals surface area contributed by atoms with Gasteiger partial charge in [0.25, 0.3) is 0 Å². The number of nitrogens with two attached hydrogens (primary N) is 1. The van der Waals surface area contributed by atoms with Gasteiger partial charge in [-0.15, -0.1) is 0 Å². The first kappa shape index (κ1) is 12.6. The smallest absolute Gasteiger partial charge is 0.304 e. The highest BCUT2D eigenvalue weighted by atomic mass is 16.4. The van der Waals surface area contributed by atoms with Crippen molar-refractivity contribution in [1.82, 2.24) is 0 Å². The second kappa shape index (κ2) is 5.19. The molecule has 0 saturated carbocycles. The number of hydrogen-bond acceptors (Lipinski definition) is 2. The molecule has 3 heteroatoms. The summed E-state index contributed by atoms with van der Waals surface area (Å²) in [4.78, 5) is 10.9. The Hall–Kier alpha value is -1.87. The Balaban J connectivity index is 2.56. The lowest BCUT2D eigenvalue weighted by molar-refractivity contribution is -0.137. The van der Waals surface area contributed by atoms with Crippen molar-refractivity contribution in [3.63, 3.8) is 0 Å². The third-order valence-electron chi connectivity index (χ3n) is 3.32. The van der Waals surface area contributed by atoms with Crippen molar-refractivity contribution in [2.75, 3.05) is 6.54 Å². The monoisotopic (exact) mass is 243 g/mol. The molecule has 18 heavy (non-hydrogen) atoms. The molecule has 2 aromatic carbocycles. The zero-order valence-electron chi connectivity index (χ0n) is 10.4. The third kappa shape index (κ3) is 2.36. The Bertz CT molecular complexity index is 578. The maximum atomic E-state index is 10.9. The maximum Gasteiger partial charge on any atom is 0.304 e. The summed E-state index contributed by atoms with van der Waals surface area (Å²) in [6.07, 6.45) is 0.0730. The van der Waals surface area contributed by atoms with Crippen LogP contribution in [-0.4, -0.2) is 17.6 Å². The Labute approximate surface area is 106 Å². The van der Waals surface area contributed by atoms with Crippen LogP contribution in [0.1, 0.15) is 23.5 Å². The van der Waals surface area contributed by atoms with Crippen LogP contribution in [0.5, 0.6) is 0 Å². The minimum absolute atomic E-state index is 0.0730. The highest BCUT2D eigenvalue weighted by molar-refractivity contribution is 5.89. The molecule has 0 aliphatic heterocycles. The van der Waals surface area contributed by atoms with Crippen LogP contribution < -0.4 is 5.73 Å². The Morgan fingerprint density at radius 3 is 2.50 bits per heavy atom. The molecule has 1 unspecified atom stereocenters. The van der Waals surface area contributed by atoms with Gasteiger partial charge < -0.3 is 10.8 Å². The minimum Gasteiger partial charge on any atom is -0.481 e. The third-order valence-corrected chi connectivity index (χ3v) is 3.32. The van der Waals surface area contributed by atoms with Gasteiger partial charge in [0.2, 0.25) is 0 Å². The van der Waals surface area contributed by atoms with E-state index in [1.807, 2.05) is 30.3 Å². The number of benzene rings is 2. The summed E-state index contributed by atoms with van der Waals surface area (Å²) in [5.41, 5.74) is 7.94. The van der Waals surface area contributed by atoms with Gasteiger partial charge in [0.1, 0.15) is 0 Å². The van der Waals surface area contributed by atoms with E-state index in [-0.39, 0.29) is 12.3 Å². The summed E-state index contributed by atoms with van der Waals surface area (Å²) >= 11 is 0. The molecule has 0 amide bonds. The van der Waals surface area contributed by atoms with Crippen LogP contribution in [0.3, 0.4) is 0 Å². The lowest BCUT2D eigenvalue weighted by Gasteiger charge is -2.16. The number of aryl methyl sites for hydroxylation is 1. The molecule has 0 saturated heterocycles. The lowest BCUT2D eigenvalue weighted by atomic mass is 9.89. The van der Waals surface area contributed by atoms with E-state index in [9.17, 15) is 4.79 Å². The normalized spacial score (nSPS) is 12.6. The zero-order chi connectivity index (χ0) is 13.1. The summed E-state index contributed by atoms with van der Waals surface area (Å²) in [6, 6.07) is 12.1. The van der Waals surface area contributed by atoms with Crippen molar-refractivity contribution in [2.24, 2.45) is 5.73 Å². The molecule has 0 heterocycles. The van der Waals surface area contributed by atoms with Gasteiger partial charge >= 0.3 is 5.97 Å². The fourth-order valence-corrected chi connectivity index (χ4v) is 2.36. The van der Waals surface area contributed by atoms with E-state index in [0.717, 1.165) is 10.9 Å². The Kier molecular flexibility index (Phi) is 3.63. The van der Waals surface area contributed by atoms with Crippen LogP contribution >= 0.6 is 0 Å². The first-order valence-corrected chi connectivity index (χ1v) is 6.03. The predicted molar refractivity (Wildman–Crippen MR) is 72.7 cm³/mol. The summed E-state index contributed by atoms with van der Waals surface area (Å²) < 4.78 is 0. The van der Waals surface area contributed by atoms with E-state index < -0.39 is 5.97 Å². The SMILES string of the molecule is Cc1ccc(C(CN)CC(=O)O)c2ccccc12. The van der Waals surface area contributed by atoms with E-state index in [0.29, 0.717) is 6.54 Å². The highest BCUT2D eigenvalue weighted by Gasteiger charge is 2.16. The average molecular weight is 243 g/mol. The lowest BCUT2D eigenvalue weighted by Crippen LogP contribution is -2.16. The van der Waals surface area contributed by atoms with Gasteiger partial charge in [-0.25, -0.2) is 0 Å². The van der Waals surface area contributed by atoms with Crippen LogP contribution in [0.2, 0.25) is 0 Å². The molecule has 2 aromatic rings. The average Bonchev–Trinajstić information content (AvgIpc) is 2.37. The van der Waals surface area contributed by atoms with Crippen molar-refractivity contribution < 1.29 is 9.90 Å². The van der Waals surface area contributed by atoms with E-state index in [1.54, 1.807) is 0 Å². The molecule has 0 aliphatic rings. The second-order valence-electron chi connectivity index (χ2n) is 4.55. The van der Waals surface area contributed by atoms with Crippen molar-refractivity contribution in [1.29, 1.82) is 0 Å². The maximum absolute atomic E-state index is 10.9. The molecule has 2 rings (SSSR count). The molecule has 94 valence electrons. The van der Waals surface area contributed by atoms with Crippen LogP contribution in [0.25, 0.3) is 10.8 Å². The second-order valence-corrected chi connectivity index (χ2v) is 4.55. The number of carboxylic acids is 1. The van der Waals surface area contributed by atoms with Gasteiger partial charge in [0.05, 0.1) is 6.42 Å². The van der Waals surface area contributed by atoms with Gasteiger partial charge in [-0.05, 0) is 35.4 Å². The first-order chi connectivity index (χ1) is 8.63. The van der Waals surface area contributed by atoms with Crippen LogP contribution in [0.15, 0.2) is 36.4 Å². The van der Waals surface area contributed by atoms with Gasteiger partial charge in [-0.2, -0.15) is 0 Å². The summed E-state index contributed by atoms with van der Waals surface area (Å²) in [5, 5.41) is 11.2. The van der Waals surface area contributed by atoms with Crippen LogP contribution in [0.4, 0.5) is 0 Å². The van der Waals surface area contributed by atoms with Gasteiger partial charge in [0, 0.05) is 5.92 Å². The molecular weight excluding hydrogens is 226 g/mol. The molecule has 3 N–H and O–H groups in total. The number of fused-ring (bicyclic) bond motifs is 1. The molecule has 0 aliphatic carbocycles. The molecule has 3 nitrogen and oxygen atoms in total. The summed E-state index contributed by atoms with van der Waals surface area (Å²) in [5.74, 6) is -0.942. The number of carboxylic acid groups (broad SMARTS) is 1. The largest absolute Gasteiger partial charge is 0.481 e. The number of aliphatic carboxylic acids is 1. The van der Waals surface area contributed by atoms with E-state index in [1.165, 1.54) is 10.9 Å². The first-order valence-electron chi connectivity index (χ1n) is 6.03. The molecule has 0 radical (unpaired) electrons. The summed E-state index contributed by atoms with van der Waals surface area (Å²) in [7, 11) is 0. The summed E-state index contributed by atoms with van der Waals surface area (Å²) in [6.45, 7) is 2.40. The fraction of sp³-hybridized carbons (Fsp3) is 0.267. The Morgan fingerprint density at radius 2 is 1.89 bits per heavy atom. The molecular formula is C15H17NO2. The molecule has 0 spiro atoms. The van der Waals surface area contributed by atoms with Crippen molar-refractivity contribution in [3.8, 4) is 0 Å². The minimum atomic E-state index is -0.810. The Morgan fingerprint density at radius 1 is 1.22 bits per heavy atom. The van der Waals surface area contributed by atoms with Crippen molar-refractivity contribution in [2.45, 2.75) is 19.3 Å². The molecule has 0 bridgehead atoms.